The van der Waals surface area contributed by atoms with Crippen LogP contribution in [0.4, 0.5) is 13.2 Å². The molecule has 0 saturated carbocycles. The Hall–Kier alpha value is -1.93. The largest absolute Gasteiger partial charge is 0.418 e. The van der Waals surface area contributed by atoms with Crippen LogP contribution < -0.4 is 0 Å². The van der Waals surface area contributed by atoms with Gasteiger partial charge in [-0.25, -0.2) is 0 Å². The normalized spacial score (nSPS) is 12.1. The Morgan fingerprint density at radius 2 is 1.91 bits per heavy atom. The highest BCUT2D eigenvalue weighted by Crippen LogP contribution is 2.40. The number of aromatic nitrogens is 5. The monoisotopic (exact) mass is 347 g/mol. The van der Waals surface area contributed by atoms with Crippen LogP contribution in [-0.2, 0) is 6.18 Å². The molecule has 114 valence electrons. The van der Waals surface area contributed by atoms with Gasteiger partial charge in [-0.05, 0) is 19.1 Å². The zero-order chi connectivity index (χ0) is 16.1. The molecule has 3 rings (SSSR count). The quantitative estimate of drug-likeness (QED) is 0.628. The van der Waals surface area contributed by atoms with Gasteiger partial charge in [0, 0.05) is 6.20 Å². The van der Waals surface area contributed by atoms with Crippen molar-refractivity contribution in [3.63, 3.8) is 0 Å². The van der Waals surface area contributed by atoms with Gasteiger partial charge in [-0.1, -0.05) is 23.2 Å². The second kappa shape index (κ2) is 5.06. The van der Waals surface area contributed by atoms with Crippen molar-refractivity contribution in [3.8, 4) is 11.3 Å². The van der Waals surface area contributed by atoms with Crippen LogP contribution in [0.15, 0.2) is 18.3 Å². The maximum absolute atomic E-state index is 13.1. The molecule has 0 aliphatic heterocycles. The van der Waals surface area contributed by atoms with E-state index in [2.05, 4.69) is 20.1 Å². The van der Waals surface area contributed by atoms with Gasteiger partial charge in [0.05, 0.1) is 16.8 Å². The van der Waals surface area contributed by atoms with E-state index >= 15 is 0 Å². The van der Waals surface area contributed by atoms with Gasteiger partial charge in [-0.3, -0.25) is 4.98 Å². The highest BCUT2D eigenvalue weighted by atomic mass is 35.5. The fourth-order valence-electron chi connectivity index (χ4n) is 1.97. The first-order chi connectivity index (χ1) is 10.3. The number of fused-ring (bicyclic) bond motifs is 1. The average molecular weight is 348 g/mol. The summed E-state index contributed by atoms with van der Waals surface area (Å²) in [6.45, 7) is 1.60. The molecule has 10 heteroatoms. The van der Waals surface area contributed by atoms with Crippen molar-refractivity contribution in [1.29, 1.82) is 0 Å². The second-order valence-electron chi connectivity index (χ2n) is 4.34. The Kier molecular flexibility index (Phi) is 3.45. The third-order valence-electron chi connectivity index (χ3n) is 2.84. The second-order valence-corrected chi connectivity index (χ2v) is 5.05. The number of hydrogen-bond donors (Lipinski definition) is 0. The molecule has 0 unspecified atom stereocenters. The number of pyridine rings is 1. The van der Waals surface area contributed by atoms with E-state index in [0.29, 0.717) is 5.82 Å². The van der Waals surface area contributed by atoms with Crippen molar-refractivity contribution < 1.29 is 13.2 Å². The van der Waals surface area contributed by atoms with E-state index < -0.39 is 17.4 Å². The molecule has 0 aromatic carbocycles. The molecule has 0 radical (unpaired) electrons. The van der Waals surface area contributed by atoms with Gasteiger partial charge in [0.1, 0.15) is 16.1 Å². The van der Waals surface area contributed by atoms with Gasteiger partial charge in [0.15, 0.2) is 0 Å². The lowest BCUT2D eigenvalue weighted by molar-refractivity contribution is -0.137. The molecule has 0 aliphatic carbocycles. The number of aryl methyl sites for hydroxylation is 1. The highest BCUT2D eigenvalue weighted by Gasteiger charge is 2.36. The van der Waals surface area contributed by atoms with Crippen LogP contribution in [0.2, 0.25) is 10.3 Å². The zero-order valence-electron chi connectivity index (χ0n) is 10.9. The van der Waals surface area contributed by atoms with Crippen LogP contribution >= 0.6 is 23.2 Å². The van der Waals surface area contributed by atoms with Crippen LogP contribution in [0.5, 0.6) is 0 Å². The number of alkyl halides is 3. The van der Waals surface area contributed by atoms with Gasteiger partial charge < -0.3 is 0 Å². The van der Waals surface area contributed by atoms with Crippen molar-refractivity contribution in [2.75, 3.05) is 0 Å². The summed E-state index contributed by atoms with van der Waals surface area (Å²) in [5.74, 6) is 0.459. The third kappa shape index (κ3) is 2.38. The molecule has 0 aliphatic rings. The van der Waals surface area contributed by atoms with Crippen LogP contribution in [0.3, 0.4) is 0 Å². The summed E-state index contributed by atoms with van der Waals surface area (Å²) in [6.07, 6.45) is -3.39. The average Bonchev–Trinajstić information content (AvgIpc) is 2.79. The Bertz CT molecular complexity index is 875. The molecule has 0 spiro atoms. The topological polar surface area (TPSA) is 56.0 Å². The minimum Gasteiger partial charge on any atom is -0.255 e. The minimum atomic E-state index is -4.61. The van der Waals surface area contributed by atoms with E-state index in [1.807, 2.05) is 0 Å². The molecule has 3 heterocycles. The van der Waals surface area contributed by atoms with E-state index in [4.69, 9.17) is 23.2 Å². The summed E-state index contributed by atoms with van der Waals surface area (Å²) >= 11 is 12.1. The summed E-state index contributed by atoms with van der Waals surface area (Å²) in [6, 6.07) is 2.07. The molecule has 0 amide bonds. The Morgan fingerprint density at radius 1 is 1.18 bits per heavy atom. The predicted octanol–water partition coefficient (Wildman–Crippen LogP) is 3.82. The van der Waals surface area contributed by atoms with Gasteiger partial charge in [0.25, 0.3) is 5.78 Å². The maximum Gasteiger partial charge on any atom is 0.418 e. The molecule has 0 fully saturated rings. The molecular formula is C12H6Cl2F3N5. The van der Waals surface area contributed by atoms with Crippen molar-refractivity contribution in [2.45, 2.75) is 13.1 Å². The first-order valence-corrected chi connectivity index (χ1v) is 6.65. The Balaban J connectivity index is 2.36. The van der Waals surface area contributed by atoms with Crippen LogP contribution in [0.25, 0.3) is 17.0 Å². The predicted molar refractivity (Wildman–Crippen MR) is 73.8 cm³/mol. The van der Waals surface area contributed by atoms with E-state index in [-0.39, 0.29) is 21.6 Å². The summed E-state index contributed by atoms with van der Waals surface area (Å²) in [5.41, 5.74) is -1.52. The first kappa shape index (κ1) is 15.0. The SMILES string of the molecule is Cc1nc2nc(Cl)c(-c3ncccc3C(F)(F)F)c(Cl)n2n1. The van der Waals surface area contributed by atoms with Gasteiger partial charge >= 0.3 is 6.18 Å². The Labute approximate surface area is 131 Å². The highest BCUT2D eigenvalue weighted by molar-refractivity contribution is 6.38. The maximum atomic E-state index is 13.1. The van der Waals surface area contributed by atoms with E-state index in [0.717, 1.165) is 10.6 Å². The molecule has 5 nitrogen and oxygen atoms in total. The van der Waals surface area contributed by atoms with Gasteiger partial charge in [-0.2, -0.15) is 27.7 Å². The number of nitrogens with zero attached hydrogens (tertiary/aromatic N) is 5. The number of rotatable bonds is 1. The molecule has 22 heavy (non-hydrogen) atoms. The number of hydrogen-bond acceptors (Lipinski definition) is 4. The molecule has 0 N–H and O–H groups in total. The lowest BCUT2D eigenvalue weighted by Gasteiger charge is -2.13. The summed E-state index contributed by atoms with van der Waals surface area (Å²) in [7, 11) is 0. The fourth-order valence-corrected chi connectivity index (χ4v) is 2.57. The van der Waals surface area contributed by atoms with Crippen LogP contribution in [0.1, 0.15) is 11.4 Å². The zero-order valence-corrected chi connectivity index (χ0v) is 12.4. The third-order valence-corrected chi connectivity index (χ3v) is 3.47. The first-order valence-electron chi connectivity index (χ1n) is 5.90. The van der Waals surface area contributed by atoms with Crippen molar-refractivity contribution in [2.24, 2.45) is 0 Å². The Morgan fingerprint density at radius 3 is 2.59 bits per heavy atom. The van der Waals surface area contributed by atoms with Crippen LogP contribution in [0, 0.1) is 6.92 Å². The summed E-state index contributed by atoms with van der Waals surface area (Å²) < 4.78 is 40.5. The summed E-state index contributed by atoms with van der Waals surface area (Å²) in [5, 5.41) is 3.61. The van der Waals surface area contributed by atoms with E-state index in [1.165, 1.54) is 12.3 Å². The van der Waals surface area contributed by atoms with Crippen molar-refractivity contribution in [1.82, 2.24) is 24.6 Å². The van der Waals surface area contributed by atoms with Crippen molar-refractivity contribution >= 4 is 29.0 Å². The molecule has 3 aromatic rings. The lowest BCUT2D eigenvalue weighted by atomic mass is 10.1. The minimum absolute atomic E-state index is 0.0979. The lowest BCUT2D eigenvalue weighted by Crippen LogP contribution is -2.09. The number of halogens is 5. The molecule has 0 atom stereocenters. The molecular weight excluding hydrogens is 342 g/mol. The molecule has 0 saturated heterocycles. The summed E-state index contributed by atoms with van der Waals surface area (Å²) in [4.78, 5) is 11.7. The van der Waals surface area contributed by atoms with Crippen LogP contribution in [-0.4, -0.2) is 24.6 Å². The smallest absolute Gasteiger partial charge is 0.255 e. The van der Waals surface area contributed by atoms with Gasteiger partial charge in [0.2, 0.25) is 0 Å². The fraction of sp³-hybridized carbons (Fsp3) is 0.167. The van der Waals surface area contributed by atoms with E-state index in [1.54, 1.807) is 6.92 Å². The molecule has 3 aromatic heterocycles. The standard InChI is InChI=1S/C12H6Cl2F3N5/c1-5-19-11-20-9(13)7(10(14)22(11)21-5)8-6(12(15,16)17)3-2-4-18-8/h2-4H,1H3. The van der Waals surface area contributed by atoms with Crippen molar-refractivity contribution in [3.05, 3.63) is 40.0 Å². The molecule has 0 bridgehead atoms. The van der Waals surface area contributed by atoms with E-state index in [9.17, 15) is 13.2 Å². The van der Waals surface area contributed by atoms with Gasteiger partial charge in [-0.15, -0.1) is 5.10 Å².